The number of hydrogen-bond acceptors (Lipinski definition) is 3. The predicted octanol–water partition coefficient (Wildman–Crippen LogP) is 5.65. The van der Waals surface area contributed by atoms with Crippen LogP contribution in [0.25, 0.3) is 0 Å². The number of phenols is 1. The van der Waals surface area contributed by atoms with Gasteiger partial charge < -0.3 is 5.11 Å². The Balaban J connectivity index is 2.71. The van der Waals surface area contributed by atoms with Crippen LogP contribution in [-0.4, -0.2) is 5.11 Å². The molecule has 0 aliphatic rings. The maximum Gasteiger partial charge on any atom is 0.121 e. The summed E-state index contributed by atoms with van der Waals surface area (Å²) in [4.78, 5) is 11.0. The highest BCUT2D eigenvalue weighted by molar-refractivity contribution is 5.55. The van der Waals surface area contributed by atoms with Gasteiger partial charge in [-0.1, -0.05) is 46.0 Å². The molecule has 3 nitrogen and oxygen atoms in total. The molecule has 0 atom stereocenters. The van der Waals surface area contributed by atoms with Gasteiger partial charge in [-0.15, -0.1) is 4.91 Å². The lowest BCUT2D eigenvalue weighted by molar-refractivity contribution is 0.465. The Morgan fingerprint density at radius 3 is 2.25 bits per heavy atom. The molecule has 0 radical (unpaired) electrons. The van der Waals surface area contributed by atoms with Gasteiger partial charge >= 0.3 is 0 Å². The number of aryl methyl sites for hydroxylation is 1. The van der Waals surface area contributed by atoms with Crippen LogP contribution in [0.2, 0.25) is 0 Å². The standard InChI is InChI=1S/C17H27NO2/c1-3-5-7-9-11-15-16(18-20)12-14(13-17(15)19)10-8-6-4-2/h12-13,19H,3-11H2,1-2H3. The van der Waals surface area contributed by atoms with E-state index in [4.69, 9.17) is 0 Å². The molecule has 0 aromatic heterocycles. The molecule has 0 heterocycles. The molecule has 0 aliphatic heterocycles. The van der Waals surface area contributed by atoms with E-state index in [1.165, 1.54) is 25.7 Å². The van der Waals surface area contributed by atoms with Crippen LogP contribution in [0.3, 0.4) is 0 Å². The first-order chi connectivity index (χ1) is 9.72. The molecule has 0 saturated heterocycles. The Bertz CT molecular complexity index is 416. The average molecular weight is 277 g/mol. The van der Waals surface area contributed by atoms with Crippen molar-refractivity contribution in [1.29, 1.82) is 0 Å². The van der Waals surface area contributed by atoms with E-state index in [9.17, 15) is 10.0 Å². The van der Waals surface area contributed by atoms with Crippen molar-refractivity contribution in [3.05, 3.63) is 28.2 Å². The third-order valence-corrected chi connectivity index (χ3v) is 3.71. The summed E-state index contributed by atoms with van der Waals surface area (Å²) in [5.41, 5.74) is 2.16. The van der Waals surface area contributed by atoms with Crippen molar-refractivity contribution < 1.29 is 5.11 Å². The third kappa shape index (κ3) is 5.32. The van der Waals surface area contributed by atoms with Crippen molar-refractivity contribution in [1.82, 2.24) is 0 Å². The Morgan fingerprint density at radius 1 is 0.950 bits per heavy atom. The van der Waals surface area contributed by atoms with E-state index in [2.05, 4.69) is 19.0 Å². The number of rotatable bonds is 10. The number of nitroso groups, excluding NO2 is 1. The second-order valence-electron chi connectivity index (χ2n) is 5.47. The first kappa shape index (κ1) is 16.7. The van der Waals surface area contributed by atoms with Gasteiger partial charge in [-0.25, -0.2) is 0 Å². The number of nitrogens with zero attached hydrogens (tertiary/aromatic N) is 1. The highest BCUT2D eigenvalue weighted by Crippen LogP contribution is 2.32. The van der Waals surface area contributed by atoms with Gasteiger partial charge in [0.15, 0.2) is 0 Å². The summed E-state index contributed by atoms with van der Waals surface area (Å²) in [6, 6.07) is 3.65. The zero-order valence-electron chi connectivity index (χ0n) is 12.8. The van der Waals surface area contributed by atoms with Crippen molar-refractivity contribution in [3.8, 4) is 5.75 Å². The molecule has 0 spiro atoms. The van der Waals surface area contributed by atoms with E-state index in [0.717, 1.165) is 43.2 Å². The monoisotopic (exact) mass is 277 g/mol. The summed E-state index contributed by atoms with van der Waals surface area (Å²) >= 11 is 0. The maximum absolute atomic E-state index is 11.0. The predicted molar refractivity (Wildman–Crippen MR) is 84.6 cm³/mol. The average Bonchev–Trinajstić information content (AvgIpc) is 2.45. The van der Waals surface area contributed by atoms with Gasteiger partial charge in [-0.3, -0.25) is 0 Å². The molecule has 0 unspecified atom stereocenters. The van der Waals surface area contributed by atoms with E-state index >= 15 is 0 Å². The van der Waals surface area contributed by atoms with E-state index in [-0.39, 0.29) is 5.75 Å². The van der Waals surface area contributed by atoms with Crippen LogP contribution in [0.4, 0.5) is 5.69 Å². The second kappa shape index (κ2) is 9.51. The van der Waals surface area contributed by atoms with Crippen LogP contribution >= 0.6 is 0 Å². The summed E-state index contributed by atoms with van der Waals surface area (Å²) < 4.78 is 0. The summed E-state index contributed by atoms with van der Waals surface area (Å²) in [7, 11) is 0. The van der Waals surface area contributed by atoms with Crippen molar-refractivity contribution in [2.24, 2.45) is 5.18 Å². The molecule has 0 fully saturated rings. The summed E-state index contributed by atoms with van der Waals surface area (Å²) in [6.45, 7) is 4.33. The zero-order valence-corrected chi connectivity index (χ0v) is 12.8. The van der Waals surface area contributed by atoms with Gasteiger partial charge in [-0.05, 0) is 48.6 Å². The molecule has 3 heteroatoms. The van der Waals surface area contributed by atoms with Gasteiger partial charge in [0, 0.05) is 5.56 Å². The molecule has 0 aliphatic carbocycles. The lowest BCUT2D eigenvalue weighted by Gasteiger charge is -2.10. The smallest absolute Gasteiger partial charge is 0.121 e. The molecule has 1 aromatic rings. The minimum Gasteiger partial charge on any atom is -0.508 e. The summed E-state index contributed by atoms with van der Waals surface area (Å²) in [5.74, 6) is 0.241. The molecular formula is C17H27NO2. The van der Waals surface area contributed by atoms with E-state index < -0.39 is 0 Å². The van der Waals surface area contributed by atoms with Crippen LogP contribution in [0.15, 0.2) is 17.3 Å². The lowest BCUT2D eigenvalue weighted by Crippen LogP contribution is -1.92. The number of aromatic hydroxyl groups is 1. The number of unbranched alkanes of at least 4 members (excludes halogenated alkanes) is 5. The maximum atomic E-state index is 11.0. The molecule has 20 heavy (non-hydrogen) atoms. The van der Waals surface area contributed by atoms with Gasteiger partial charge in [0.25, 0.3) is 0 Å². The highest BCUT2D eigenvalue weighted by Gasteiger charge is 2.11. The number of hydrogen-bond donors (Lipinski definition) is 1. The highest BCUT2D eigenvalue weighted by atomic mass is 16.3. The third-order valence-electron chi connectivity index (χ3n) is 3.71. The van der Waals surface area contributed by atoms with Crippen LogP contribution in [0.1, 0.15) is 69.9 Å². The second-order valence-corrected chi connectivity index (χ2v) is 5.47. The fraction of sp³-hybridized carbons (Fsp3) is 0.647. The Kier molecular flexibility index (Phi) is 7.93. The normalized spacial score (nSPS) is 10.7. The largest absolute Gasteiger partial charge is 0.508 e. The van der Waals surface area contributed by atoms with Gasteiger partial charge in [0.1, 0.15) is 11.4 Å². The first-order valence-corrected chi connectivity index (χ1v) is 7.91. The Morgan fingerprint density at radius 2 is 1.60 bits per heavy atom. The van der Waals surface area contributed by atoms with Crippen molar-refractivity contribution in [2.45, 2.75) is 71.6 Å². The summed E-state index contributed by atoms with van der Waals surface area (Å²) in [5, 5.41) is 13.2. The lowest BCUT2D eigenvalue weighted by atomic mass is 9.99. The molecule has 1 rings (SSSR count). The first-order valence-electron chi connectivity index (χ1n) is 7.91. The zero-order chi connectivity index (χ0) is 14.8. The van der Waals surface area contributed by atoms with E-state index in [1.807, 2.05) is 6.07 Å². The number of phenolic OH excluding ortho intramolecular Hbond substituents is 1. The molecule has 0 amide bonds. The molecule has 112 valence electrons. The molecular weight excluding hydrogens is 250 g/mol. The van der Waals surface area contributed by atoms with Crippen LogP contribution in [-0.2, 0) is 12.8 Å². The van der Waals surface area contributed by atoms with Crippen LogP contribution in [0.5, 0.6) is 5.75 Å². The SMILES string of the molecule is CCCCCCc1c(O)cc(CCCCC)cc1N=O. The Labute approximate surface area is 122 Å². The van der Waals surface area contributed by atoms with Crippen molar-refractivity contribution in [3.63, 3.8) is 0 Å². The van der Waals surface area contributed by atoms with E-state index in [0.29, 0.717) is 5.69 Å². The fourth-order valence-electron chi connectivity index (χ4n) is 2.49. The fourth-order valence-corrected chi connectivity index (χ4v) is 2.49. The van der Waals surface area contributed by atoms with Gasteiger partial charge in [-0.2, -0.15) is 0 Å². The minimum atomic E-state index is 0.241. The molecule has 0 saturated carbocycles. The Hall–Kier alpha value is -1.38. The van der Waals surface area contributed by atoms with E-state index in [1.54, 1.807) is 6.07 Å². The van der Waals surface area contributed by atoms with Crippen LogP contribution < -0.4 is 0 Å². The molecule has 0 bridgehead atoms. The minimum absolute atomic E-state index is 0.241. The molecule has 1 aromatic carbocycles. The van der Waals surface area contributed by atoms with Crippen molar-refractivity contribution in [2.75, 3.05) is 0 Å². The summed E-state index contributed by atoms with van der Waals surface area (Å²) in [6.07, 6.45) is 9.57. The molecule has 1 N–H and O–H groups in total. The quantitative estimate of drug-likeness (QED) is 0.444. The van der Waals surface area contributed by atoms with Crippen LogP contribution in [0, 0.1) is 4.91 Å². The topological polar surface area (TPSA) is 49.7 Å². The van der Waals surface area contributed by atoms with Gasteiger partial charge in [0.05, 0.1) is 0 Å². The number of benzene rings is 1. The van der Waals surface area contributed by atoms with Gasteiger partial charge in [0.2, 0.25) is 0 Å². The van der Waals surface area contributed by atoms with Crippen molar-refractivity contribution >= 4 is 5.69 Å².